The molecule has 1 unspecified atom stereocenters. The van der Waals surface area contributed by atoms with Crippen LogP contribution in [0.25, 0.3) is 0 Å². The van der Waals surface area contributed by atoms with E-state index in [1.165, 1.54) is 6.42 Å². The molecule has 0 saturated carbocycles. The average Bonchev–Trinajstić information content (AvgIpc) is 3.06. The van der Waals surface area contributed by atoms with Crippen LogP contribution in [-0.2, 0) is 11.2 Å². The van der Waals surface area contributed by atoms with Crippen molar-refractivity contribution in [3.05, 3.63) is 23.8 Å². The molecule has 1 atom stereocenters. The van der Waals surface area contributed by atoms with Crippen molar-refractivity contribution in [1.82, 2.24) is 10.6 Å². The van der Waals surface area contributed by atoms with Gasteiger partial charge in [-0.2, -0.15) is 0 Å². The van der Waals surface area contributed by atoms with Crippen LogP contribution in [0.3, 0.4) is 0 Å². The zero-order chi connectivity index (χ0) is 15.8. The Balaban J connectivity index is 0.00000264. The summed E-state index contributed by atoms with van der Waals surface area (Å²) in [6.07, 6.45) is 3.39. The van der Waals surface area contributed by atoms with E-state index < -0.39 is 0 Å². The maximum atomic E-state index is 11.9. The lowest BCUT2D eigenvalue weighted by Crippen LogP contribution is -2.26. The average molecular weight is 343 g/mol. The third-order valence-electron chi connectivity index (χ3n) is 4.15. The Bertz CT molecular complexity index is 491. The van der Waals surface area contributed by atoms with Gasteiger partial charge in [-0.3, -0.25) is 4.79 Å². The number of benzene rings is 1. The second-order valence-electron chi connectivity index (χ2n) is 5.68. The van der Waals surface area contributed by atoms with E-state index in [2.05, 4.69) is 10.6 Å². The monoisotopic (exact) mass is 342 g/mol. The van der Waals surface area contributed by atoms with Crippen molar-refractivity contribution in [2.75, 3.05) is 33.9 Å². The summed E-state index contributed by atoms with van der Waals surface area (Å²) in [6.45, 7) is 2.95. The van der Waals surface area contributed by atoms with Crippen molar-refractivity contribution in [1.29, 1.82) is 0 Å². The van der Waals surface area contributed by atoms with Crippen LogP contribution in [0, 0.1) is 5.92 Å². The van der Waals surface area contributed by atoms with Crippen LogP contribution in [0.15, 0.2) is 18.2 Å². The topological polar surface area (TPSA) is 59.6 Å². The highest BCUT2D eigenvalue weighted by Crippen LogP contribution is 2.25. The van der Waals surface area contributed by atoms with Gasteiger partial charge in [0, 0.05) is 13.0 Å². The minimum atomic E-state index is 0. The maximum absolute atomic E-state index is 11.9. The Morgan fingerprint density at radius 3 is 2.83 bits per heavy atom. The first-order chi connectivity index (χ1) is 10.7. The molecule has 1 saturated heterocycles. The summed E-state index contributed by atoms with van der Waals surface area (Å²) in [7, 11) is 3.27. The van der Waals surface area contributed by atoms with Crippen LogP contribution in [-0.4, -0.2) is 39.8 Å². The number of hydrogen-bond donors (Lipinski definition) is 2. The summed E-state index contributed by atoms with van der Waals surface area (Å²) in [6, 6.07) is 5.66. The lowest BCUT2D eigenvalue weighted by atomic mass is 10.0. The summed E-state index contributed by atoms with van der Waals surface area (Å²) in [5.74, 6) is 2.38. The van der Waals surface area contributed by atoms with E-state index in [4.69, 9.17) is 9.47 Å². The summed E-state index contributed by atoms with van der Waals surface area (Å²) in [5.41, 5.74) is 0.997. The normalized spacial score (nSPS) is 16.5. The van der Waals surface area contributed by atoms with Gasteiger partial charge >= 0.3 is 0 Å². The van der Waals surface area contributed by atoms with Crippen LogP contribution >= 0.6 is 12.4 Å². The van der Waals surface area contributed by atoms with Gasteiger partial charge in [0.2, 0.25) is 5.91 Å². The summed E-state index contributed by atoms with van der Waals surface area (Å²) < 4.78 is 10.6. The van der Waals surface area contributed by atoms with Crippen LogP contribution in [0.5, 0.6) is 11.5 Å². The number of ether oxygens (including phenoxy) is 2. The lowest BCUT2D eigenvalue weighted by Gasteiger charge is -2.11. The Hall–Kier alpha value is -1.46. The predicted molar refractivity (Wildman–Crippen MR) is 93.7 cm³/mol. The number of hydrogen-bond acceptors (Lipinski definition) is 4. The van der Waals surface area contributed by atoms with Gasteiger partial charge in [0.1, 0.15) is 11.5 Å². The van der Waals surface area contributed by atoms with Crippen LogP contribution < -0.4 is 20.1 Å². The fourth-order valence-electron chi connectivity index (χ4n) is 2.79. The van der Waals surface area contributed by atoms with Crippen molar-refractivity contribution < 1.29 is 14.3 Å². The first kappa shape index (κ1) is 19.6. The number of methoxy groups -OCH3 is 2. The largest absolute Gasteiger partial charge is 0.497 e. The molecule has 0 aliphatic carbocycles. The Morgan fingerprint density at radius 2 is 2.17 bits per heavy atom. The molecule has 5 nitrogen and oxygen atoms in total. The van der Waals surface area contributed by atoms with E-state index in [0.29, 0.717) is 18.8 Å². The number of amides is 1. The molecular weight excluding hydrogens is 316 g/mol. The van der Waals surface area contributed by atoms with Crippen LogP contribution in [0.2, 0.25) is 0 Å². The fraction of sp³-hybridized carbons (Fsp3) is 0.588. The van der Waals surface area contributed by atoms with Crippen molar-refractivity contribution >= 4 is 18.3 Å². The van der Waals surface area contributed by atoms with Crippen LogP contribution in [0.4, 0.5) is 0 Å². The molecule has 0 aromatic heterocycles. The second kappa shape index (κ2) is 10.3. The molecule has 0 spiro atoms. The van der Waals surface area contributed by atoms with Gasteiger partial charge in [-0.25, -0.2) is 0 Å². The van der Waals surface area contributed by atoms with Crippen molar-refractivity contribution in [2.45, 2.75) is 25.7 Å². The highest BCUT2D eigenvalue weighted by atomic mass is 35.5. The smallest absolute Gasteiger partial charge is 0.220 e. The highest BCUT2D eigenvalue weighted by Gasteiger charge is 2.14. The van der Waals surface area contributed by atoms with E-state index in [9.17, 15) is 4.79 Å². The lowest BCUT2D eigenvalue weighted by molar-refractivity contribution is -0.121. The van der Waals surface area contributed by atoms with Crippen molar-refractivity contribution in [3.63, 3.8) is 0 Å². The molecule has 6 heteroatoms. The van der Waals surface area contributed by atoms with Gasteiger partial charge in [0.25, 0.3) is 0 Å². The number of carbonyl (C=O) groups is 1. The third-order valence-corrected chi connectivity index (χ3v) is 4.15. The van der Waals surface area contributed by atoms with Crippen LogP contribution in [0.1, 0.15) is 24.8 Å². The molecule has 130 valence electrons. The molecule has 1 aliphatic heterocycles. The molecule has 1 aromatic carbocycles. The van der Waals surface area contributed by atoms with Gasteiger partial charge < -0.3 is 20.1 Å². The van der Waals surface area contributed by atoms with E-state index >= 15 is 0 Å². The molecule has 2 N–H and O–H groups in total. The Kier molecular flexibility index (Phi) is 8.81. The van der Waals surface area contributed by atoms with E-state index in [-0.39, 0.29) is 18.3 Å². The van der Waals surface area contributed by atoms with Gasteiger partial charge in [-0.15, -0.1) is 12.4 Å². The molecule has 23 heavy (non-hydrogen) atoms. The molecule has 0 bridgehead atoms. The molecular formula is C17H27ClN2O3. The minimum absolute atomic E-state index is 0. The highest BCUT2D eigenvalue weighted by molar-refractivity contribution is 5.85. The van der Waals surface area contributed by atoms with Gasteiger partial charge in [0.15, 0.2) is 0 Å². The molecule has 1 heterocycles. The molecule has 2 rings (SSSR count). The predicted octanol–water partition coefficient (Wildman–Crippen LogP) is 2.17. The first-order valence-corrected chi connectivity index (χ1v) is 7.91. The fourth-order valence-corrected chi connectivity index (χ4v) is 2.79. The number of nitrogens with one attached hydrogen (secondary N) is 2. The minimum Gasteiger partial charge on any atom is -0.497 e. The van der Waals surface area contributed by atoms with Gasteiger partial charge in [-0.05, 0) is 62.0 Å². The Morgan fingerprint density at radius 1 is 1.35 bits per heavy atom. The quantitative estimate of drug-likeness (QED) is 0.760. The zero-order valence-electron chi connectivity index (χ0n) is 13.9. The number of rotatable bonds is 8. The van der Waals surface area contributed by atoms with Crippen molar-refractivity contribution in [2.24, 2.45) is 5.92 Å². The maximum Gasteiger partial charge on any atom is 0.220 e. The van der Waals surface area contributed by atoms with E-state index in [0.717, 1.165) is 43.1 Å². The van der Waals surface area contributed by atoms with Crippen molar-refractivity contribution in [3.8, 4) is 11.5 Å². The molecule has 1 aliphatic rings. The zero-order valence-corrected chi connectivity index (χ0v) is 14.7. The molecule has 0 radical (unpaired) electrons. The molecule has 1 fully saturated rings. The molecule has 1 amide bonds. The van der Waals surface area contributed by atoms with Gasteiger partial charge in [-0.1, -0.05) is 0 Å². The summed E-state index contributed by atoms with van der Waals surface area (Å²) in [4.78, 5) is 11.9. The summed E-state index contributed by atoms with van der Waals surface area (Å²) in [5, 5.41) is 6.35. The third kappa shape index (κ3) is 6.28. The Labute approximate surface area is 144 Å². The number of carbonyl (C=O) groups excluding carboxylic acids is 1. The SMILES string of the molecule is COc1ccc(OC)c(CCC(=O)NCCC2CCNC2)c1.Cl. The van der Waals surface area contributed by atoms with E-state index in [1.54, 1.807) is 14.2 Å². The first-order valence-electron chi connectivity index (χ1n) is 7.91. The number of halogens is 1. The van der Waals surface area contributed by atoms with E-state index in [1.807, 2.05) is 18.2 Å². The number of aryl methyl sites for hydroxylation is 1. The summed E-state index contributed by atoms with van der Waals surface area (Å²) >= 11 is 0. The standard InChI is InChI=1S/C17H26N2O3.ClH/c1-21-15-4-5-16(22-2)14(11-15)3-6-17(20)19-10-8-13-7-9-18-12-13;/h4-5,11,13,18H,3,6-10,12H2,1-2H3,(H,19,20);1H. The second-order valence-corrected chi connectivity index (χ2v) is 5.68. The molecule has 1 aromatic rings. The van der Waals surface area contributed by atoms with Gasteiger partial charge in [0.05, 0.1) is 14.2 Å².